The van der Waals surface area contributed by atoms with Crippen LogP contribution in [0.5, 0.6) is 5.75 Å². The van der Waals surface area contributed by atoms with Crippen LogP contribution in [-0.2, 0) is 11.3 Å². The molecule has 2 N–H and O–H groups in total. The van der Waals surface area contributed by atoms with E-state index < -0.39 is 17.9 Å². The number of unbranched alkanes of at least 4 members (excludes halogenated alkanes) is 1. The van der Waals surface area contributed by atoms with Crippen molar-refractivity contribution >= 4 is 18.3 Å². The number of hydrogen-bond acceptors (Lipinski definition) is 4. The Morgan fingerprint density at radius 2 is 2.03 bits per heavy atom. The Balaban J connectivity index is 1.75. The number of halogens is 1. The molecule has 0 saturated heterocycles. The summed E-state index contributed by atoms with van der Waals surface area (Å²) >= 11 is 0. The van der Waals surface area contributed by atoms with Gasteiger partial charge in [0.25, 0.3) is 5.91 Å². The summed E-state index contributed by atoms with van der Waals surface area (Å²) < 4.78 is 19.0. The lowest BCUT2D eigenvalue weighted by Crippen LogP contribution is -2.42. The fourth-order valence-corrected chi connectivity index (χ4v) is 3.32. The minimum Gasteiger partial charge on any atom is -0.494 e. The number of nitrogens with zero attached hydrogens (tertiary/aromatic N) is 1. The standard InChI is InChI=1S/C22H24FN3O4/c1-2-3-10-30-18-9-6-16-12-26(21(28)19(16)11-18)13-20(25-22(29)24-14-27)15-4-7-17(23)8-5-15/h4-9,11,14,20H,2-3,10,12-13H2,1H3,(H2,24,25,27,29)/t20-/m0/s1. The highest BCUT2D eigenvalue weighted by Crippen LogP contribution is 2.28. The van der Waals surface area contributed by atoms with Gasteiger partial charge in [0.05, 0.1) is 12.6 Å². The van der Waals surface area contributed by atoms with Crippen LogP contribution in [0.3, 0.4) is 0 Å². The number of ether oxygens (including phenoxy) is 1. The summed E-state index contributed by atoms with van der Waals surface area (Å²) in [6, 6.07) is 9.77. The molecule has 4 amide bonds. The van der Waals surface area contributed by atoms with Crippen LogP contribution in [-0.4, -0.2) is 36.4 Å². The first-order valence-corrected chi connectivity index (χ1v) is 9.83. The van der Waals surface area contributed by atoms with Gasteiger partial charge < -0.3 is 15.0 Å². The van der Waals surface area contributed by atoms with Crippen LogP contribution < -0.4 is 15.4 Å². The Kier molecular flexibility index (Phi) is 7.00. The summed E-state index contributed by atoms with van der Waals surface area (Å²) in [6.45, 7) is 3.22. The number of fused-ring (bicyclic) bond motifs is 1. The average Bonchev–Trinajstić information content (AvgIpc) is 3.04. The number of urea groups is 1. The first-order chi connectivity index (χ1) is 14.5. The maximum Gasteiger partial charge on any atom is 0.321 e. The van der Waals surface area contributed by atoms with E-state index in [-0.39, 0.29) is 18.9 Å². The highest BCUT2D eigenvalue weighted by atomic mass is 19.1. The lowest BCUT2D eigenvalue weighted by atomic mass is 10.1. The Morgan fingerprint density at radius 1 is 1.27 bits per heavy atom. The Labute approximate surface area is 174 Å². The molecule has 2 aromatic rings. The second-order valence-electron chi connectivity index (χ2n) is 7.05. The second-order valence-corrected chi connectivity index (χ2v) is 7.05. The average molecular weight is 413 g/mol. The maximum absolute atomic E-state index is 13.3. The van der Waals surface area contributed by atoms with E-state index in [1.54, 1.807) is 11.0 Å². The van der Waals surface area contributed by atoms with Gasteiger partial charge in [-0.1, -0.05) is 31.5 Å². The number of hydrogen-bond donors (Lipinski definition) is 2. The first-order valence-electron chi connectivity index (χ1n) is 9.83. The normalized spacial score (nSPS) is 13.5. The summed E-state index contributed by atoms with van der Waals surface area (Å²) in [5.74, 6) is 0.0710. The number of benzene rings is 2. The SMILES string of the molecule is CCCCOc1ccc2c(c1)C(=O)N(C[C@H](NC(=O)NC=O)c1ccc(F)cc1)C2. The van der Waals surface area contributed by atoms with Crippen LogP contribution in [0.1, 0.15) is 47.3 Å². The third kappa shape index (κ3) is 5.14. The Hall–Kier alpha value is -3.42. The molecule has 8 heteroatoms. The van der Waals surface area contributed by atoms with E-state index in [9.17, 15) is 18.8 Å². The third-order valence-electron chi connectivity index (χ3n) is 4.90. The van der Waals surface area contributed by atoms with Crippen LogP contribution in [0, 0.1) is 5.82 Å². The Bertz CT molecular complexity index is 917. The summed E-state index contributed by atoms with van der Waals surface area (Å²) in [6.07, 6.45) is 2.23. The zero-order valence-electron chi connectivity index (χ0n) is 16.7. The summed E-state index contributed by atoms with van der Waals surface area (Å²) in [4.78, 5) is 37.0. The molecule has 0 saturated carbocycles. The molecule has 0 aromatic heterocycles. The Morgan fingerprint density at radius 3 is 2.73 bits per heavy atom. The lowest BCUT2D eigenvalue weighted by Gasteiger charge is -2.25. The number of nitrogens with one attached hydrogen (secondary N) is 2. The van der Waals surface area contributed by atoms with Gasteiger partial charge in [-0.3, -0.25) is 14.9 Å². The van der Waals surface area contributed by atoms with Crippen LogP contribution in [0.25, 0.3) is 0 Å². The summed E-state index contributed by atoms with van der Waals surface area (Å²) in [5.41, 5.74) is 2.06. The van der Waals surface area contributed by atoms with E-state index in [0.717, 1.165) is 18.4 Å². The number of carbonyl (C=O) groups is 3. The van der Waals surface area contributed by atoms with Crippen molar-refractivity contribution in [2.45, 2.75) is 32.4 Å². The highest BCUT2D eigenvalue weighted by molar-refractivity contribution is 5.98. The van der Waals surface area contributed by atoms with Crippen molar-refractivity contribution in [2.24, 2.45) is 0 Å². The minimum absolute atomic E-state index is 0.164. The van der Waals surface area contributed by atoms with Gasteiger partial charge in [-0.2, -0.15) is 0 Å². The first kappa shape index (κ1) is 21.3. The van der Waals surface area contributed by atoms with E-state index in [1.165, 1.54) is 24.3 Å². The van der Waals surface area contributed by atoms with Gasteiger partial charge in [0.1, 0.15) is 11.6 Å². The van der Waals surface area contributed by atoms with Crippen molar-refractivity contribution in [3.8, 4) is 5.75 Å². The predicted octanol–water partition coefficient (Wildman–Crippen LogP) is 3.16. The number of imide groups is 1. The maximum atomic E-state index is 13.3. The third-order valence-corrected chi connectivity index (χ3v) is 4.90. The van der Waals surface area contributed by atoms with Crippen LogP contribution in [0.15, 0.2) is 42.5 Å². The van der Waals surface area contributed by atoms with Crippen molar-refractivity contribution in [3.63, 3.8) is 0 Å². The highest BCUT2D eigenvalue weighted by Gasteiger charge is 2.30. The number of rotatable bonds is 9. The molecule has 158 valence electrons. The zero-order chi connectivity index (χ0) is 21.5. The van der Waals surface area contributed by atoms with Crippen molar-refractivity contribution < 1.29 is 23.5 Å². The smallest absolute Gasteiger partial charge is 0.321 e. The van der Waals surface area contributed by atoms with Crippen molar-refractivity contribution in [1.29, 1.82) is 0 Å². The minimum atomic E-state index is -0.699. The van der Waals surface area contributed by atoms with E-state index in [0.29, 0.717) is 30.0 Å². The fourth-order valence-electron chi connectivity index (χ4n) is 3.32. The van der Waals surface area contributed by atoms with Crippen LogP contribution in [0.2, 0.25) is 0 Å². The van der Waals surface area contributed by atoms with Gasteiger partial charge in [-0.25, -0.2) is 9.18 Å². The van der Waals surface area contributed by atoms with E-state index in [4.69, 9.17) is 4.74 Å². The molecule has 1 aliphatic rings. The second kappa shape index (κ2) is 9.87. The molecule has 1 heterocycles. The van der Waals surface area contributed by atoms with Crippen molar-refractivity contribution in [3.05, 3.63) is 65.0 Å². The molecule has 1 atom stereocenters. The van der Waals surface area contributed by atoms with Gasteiger partial charge in [0, 0.05) is 18.7 Å². The monoisotopic (exact) mass is 413 g/mol. The largest absolute Gasteiger partial charge is 0.494 e. The van der Waals surface area contributed by atoms with Crippen LogP contribution in [0.4, 0.5) is 9.18 Å². The fraction of sp³-hybridized carbons (Fsp3) is 0.318. The molecule has 2 aromatic carbocycles. The van der Waals surface area contributed by atoms with E-state index in [1.807, 2.05) is 17.4 Å². The molecule has 0 unspecified atom stereocenters. The quantitative estimate of drug-likeness (QED) is 0.488. The molecular formula is C22H24FN3O4. The zero-order valence-corrected chi connectivity index (χ0v) is 16.7. The van der Waals surface area contributed by atoms with Crippen molar-refractivity contribution in [1.82, 2.24) is 15.5 Å². The van der Waals surface area contributed by atoms with E-state index in [2.05, 4.69) is 12.2 Å². The molecule has 0 aliphatic carbocycles. The molecule has 0 radical (unpaired) electrons. The molecular weight excluding hydrogens is 389 g/mol. The predicted molar refractivity (Wildman–Crippen MR) is 108 cm³/mol. The number of carbonyl (C=O) groups excluding carboxylic acids is 3. The van der Waals surface area contributed by atoms with Gasteiger partial charge in [-0.05, 0) is 41.8 Å². The number of amides is 4. The summed E-state index contributed by atoms with van der Waals surface area (Å²) in [7, 11) is 0. The van der Waals surface area contributed by atoms with Gasteiger partial charge >= 0.3 is 6.03 Å². The molecule has 30 heavy (non-hydrogen) atoms. The van der Waals surface area contributed by atoms with E-state index >= 15 is 0 Å². The van der Waals surface area contributed by atoms with Crippen LogP contribution >= 0.6 is 0 Å². The van der Waals surface area contributed by atoms with Gasteiger partial charge in [0.15, 0.2) is 0 Å². The molecule has 3 rings (SSSR count). The molecule has 1 aliphatic heterocycles. The molecule has 0 fully saturated rings. The molecule has 7 nitrogen and oxygen atoms in total. The summed E-state index contributed by atoms with van der Waals surface area (Å²) in [5, 5.41) is 4.67. The van der Waals surface area contributed by atoms with Crippen molar-refractivity contribution in [2.75, 3.05) is 13.2 Å². The molecule has 0 bridgehead atoms. The lowest BCUT2D eigenvalue weighted by molar-refractivity contribution is -0.108. The molecule has 0 spiro atoms. The van der Waals surface area contributed by atoms with Gasteiger partial charge in [-0.15, -0.1) is 0 Å². The van der Waals surface area contributed by atoms with Gasteiger partial charge in [0.2, 0.25) is 6.41 Å². The topological polar surface area (TPSA) is 87.7 Å².